The van der Waals surface area contributed by atoms with Crippen LogP contribution in [0.15, 0.2) is 18.2 Å². The molecule has 0 aliphatic rings. The fraction of sp³-hybridized carbons (Fsp3) is 0.385. The second kappa shape index (κ2) is 6.16. The van der Waals surface area contributed by atoms with E-state index in [1.54, 1.807) is 19.1 Å². The molecule has 1 aromatic carbocycles. The lowest BCUT2D eigenvalue weighted by atomic mass is 10.1. The number of carbonyl (C=O) groups is 2. The van der Waals surface area contributed by atoms with Crippen LogP contribution in [0.3, 0.4) is 0 Å². The van der Waals surface area contributed by atoms with E-state index in [4.69, 9.17) is 5.11 Å². The van der Waals surface area contributed by atoms with Gasteiger partial charge in [0.05, 0.1) is 5.56 Å². The Morgan fingerprint density at radius 1 is 1.33 bits per heavy atom. The Bertz CT molecular complexity index is 456. The molecule has 0 spiro atoms. The molecule has 0 bridgehead atoms. The number of hydrogen-bond acceptors (Lipinski definition) is 3. The fourth-order valence-electron chi connectivity index (χ4n) is 1.47. The first-order chi connectivity index (χ1) is 8.40. The third-order valence-corrected chi connectivity index (χ3v) is 2.53. The second-order valence-corrected chi connectivity index (χ2v) is 4.44. The molecule has 5 nitrogen and oxygen atoms in total. The molecule has 0 heterocycles. The van der Waals surface area contributed by atoms with Crippen LogP contribution in [-0.2, 0) is 4.79 Å². The summed E-state index contributed by atoms with van der Waals surface area (Å²) in [6.45, 7) is 2.45. The van der Waals surface area contributed by atoms with Crippen LogP contribution < -0.4 is 5.32 Å². The molecule has 0 saturated heterocycles. The van der Waals surface area contributed by atoms with E-state index in [1.807, 2.05) is 19.0 Å². The van der Waals surface area contributed by atoms with Gasteiger partial charge in [0.1, 0.15) is 0 Å². The summed E-state index contributed by atoms with van der Waals surface area (Å²) in [5.41, 5.74) is 1.62. The van der Waals surface area contributed by atoms with E-state index in [2.05, 4.69) is 5.32 Å². The van der Waals surface area contributed by atoms with Crippen molar-refractivity contribution in [2.45, 2.75) is 13.3 Å². The Kier molecular flexibility index (Phi) is 4.85. The highest BCUT2D eigenvalue weighted by Gasteiger charge is 2.08. The lowest BCUT2D eigenvalue weighted by Crippen LogP contribution is -2.21. The molecule has 0 aromatic heterocycles. The number of carboxylic acid groups (broad SMARTS) is 1. The van der Waals surface area contributed by atoms with Crippen molar-refractivity contribution in [1.29, 1.82) is 0 Å². The van der Waals surface area contributed by atoms with Gasteiger partial charge in [0, 0.05) is 18.7 Å². The predicted molar refractivity (Wildman–Crippen MR) is 69.9 cm³/mol. The van der Waals surface area contributed by atoms with Gasteiger partial charge in [-0.05, 0) is 44.8 Å². The van der Waals surface area contributed by atoms with Gasteiger partial charge in [-0.2, -0.15) is 0 Å². The van der Waals surface area contributed by atoms with E-state index >= 15 is 0 Å². The van der Waals surface area contributed by atoms with E-state index in [0.717, 1.165) is 5.56 Å². The van der Waals surface area contributed by atoms with Crippen LogP contribution in [0, 0.1) is 6.92 Å². The van der Waals surface area contributed by atoms with Crippen LogP contribution in [0.5, 0.6) is 0 Å². The van der Waals surface area contributed by atoms with Crippen molar-refractivity contribution in [1.82, 2.24) is 4.90 Å². The van der Waals surface area contributed by atoms with Crippen molar-refractivity contribution in [2.75, 3.05) is 26.0 Å². The molecule has 2 N–H and O–H groups in total. The average Bonchev–Trinajstić information content (AvgIpc) is 2.29. The Labute approximate surface area is 106 Å². The third-order valence-electron chi connectivity index (χ3n) is 2.53. The number of anilines is 1. The molecule has 0 aliphatic heterocycles. The lowest BCUT2D eigenvalue weighted by molar-refractivity contribution is -0.116. The summed E-state index contributed by atoms with van der Waals surface area (Å²) in [6, 6.07) is 4.65. The van der Waals surface area contributed by atoms with Crippen molar-refractivity contribution in [3.63, 3.8) is 0 Å². The maximum atomic E-state index is 11.6. The molecule has 0 aliphatic carbocycles. The van der Waals surface area contributed by atoms with Gasteiger partial charge in [0.15, 0.2) is 0 Å². The molecule has 1 aromatic rings. The minimum Gasteiger partial charge on any atom is -0.478 e. The predicted octanol–water partition coefficient (Wildman–Crippen LogP) is 1.58. The number of nitrogens with one attached hydrogen (secondary N) is 1. The zero-order valence-electron chi connectivity index (χ0n) is 10.9. The minimum atomic E-state index is -0.969. The van der Waals surface area contributed by atoms with Crippen LogP contribution in [0.2, 0.25) is 0 Å². The number of hydrogen-bond donors (Lipinski definition) is 2. The summed E-state index contributed by atoms with van der Waals surface area (Å²) in [4.78, 5) is 24.3. The molecule has 0 saturated carbocycles. The maximum absolute atomic E-state index is 11.6. The average molecular weight is 250 g/mol. The van der Waals surface area contributed by atoms with Crippen LogP contribution in [-0.4, -0.2) is 42.5 Å². The normalized spacial score (nSPS) is 10.4. The van der Waals surface area contributed by atoms with E-state index in [9.17, 15) is 9.59 Å². The van der Waals surface area contributed by atoms with E-state index in [1.165, 1.54) is 6.07 Å². The second-order valence-electron chi connectivity index (χ2n) is 4.44. The lowest BCUT2D eigenvalue weighted by Gasteiger charge is -2.11. The fourth-order valence-corrected chi connectivity index (χ4v) is 1.47. The highest BCUT2D eigenvalue weighted by atomic mass is 16.4. The molecule has 0 atom stereocenters. The molecule has 18 heavy (non-hydrogen) atoms. The van der Waals surface area contributed by atoms with Gasteiger partial charge < -0.3 is 15.3 Å². The van der Waals surface area contributed by atoms with Gasteiger partial charge in [0.25, 0.3) is 0 Å². The molecule has 0 unspecified atom stereocenters. The zero-order valence-corrected chi connectivity index (χ0v) is 10.9. The van der Waals surface area contributed by atoms with Gasteiger partial charge in [0.2, 0.25) is 5.91 Å². The minimum absolute atomic E-state index is 0.0742. The van der Waals surface area contributed by atoms with Crippen LogP contribution in [0.4, 0.5) is 5.69 Å². The van der Waals surface area contributed by atoms with Gasteiger partial charge in [-0.25, -0.2) is 4.79 Å². The smallest absolute Gasteiger partial charge is 0.335 e. The molecule has 0 fully saturated rings. The van der Waals surface area contributed by atoms with E-state index in [0.29, 0.717) is 18.7 Å². The summed E-state index contributed by atoms with van der Waals surface area (Å²) >= 11 is 0. The number of benzene rings is 1. The van der Waals surface area contributed by atoms with Gasteiger partial charge in [-0.1, -0.05) is 0 Å². The van der Waals surface area contributed by atoms with Crippen molar-refractivity contribution in [2.24, 2.45) is 0 Å². The van der Waals surface area contributed by atoms with E-state index in [-0.39, 0.29) is 11.5 Å². The molecular formula is C13H18N2O3. The van der Waals surface area contributed by atoms with E-state index < -0.39 is 5.97 Å². The Hall–Kier alpha value is -1.88. The summed E-state index contributed by atoms with van der Waals surface area (Å²) in [7, 11) is 3.81. The largest absolute Gasteiger partial charge is 0.478 e. The first-order valence-electron chi connectivity index (χ1n) is 5.68. The quantitative estimate of drug-likeness (QED) is 0.832. The van der Waals surface area contributed by atoms with Crippen LogP contribution in [0.1, 0.15) is 22.3 Å². The first-order valence-corrected chi connectivity index (χ1v) is 5.68. The van der Waals surface area contributed by atoms with Crippen molar-refractivity contribution >= 4 is 17.6 Å². The highest BCUT2D eigenvalue weighted by molar-refractivity contribution is 5.93. The summed E-state index contributed by atoms with van der Waals surface area (Å²) < 4.78 is 0. The number of rotatable bonds is 5. The highest BCUT2D eigenvalue weighted by Crippen LogP contribution is 2.16. The zero-order chi connectivity index (χ0) is 13.7. The Balaban J connectivity index is 2.68. The van der Waals surface area contributed by atoms with Gasteiger partial charge in [-0.15, -0.1) is 0 Å². The van der Waals surface area contributed by atoms with Gasteiger partial charge >= 0.3 is 5.97 Å². The maximum Gasteiger partial charge on any atom is 0.335 e. The SMILES string of the molecule is Cc1cc(C(=O)O)ccc1NC(=O)CCN(C)C. The standard InChI is InChI=1S/C13H18N2O3/c1-9-8-10(13(17)18)4-5-11(9)14-12(16)6-7-15(2)3/h4-5,8H,6-7H2,1-3H3,(H,14,16)(H,17,18). The molecule has 1 rings (SSSR count). The number of aryl methyl sites for hydroxylation is 1. The molecular weight excluding hydrogens is 232 g/mol. The third kappa shape index (κ3) is 4.18. The Morgan fingerprint density at radius 3 is 2.50 bits per heavy atom. The number of aromatic carboxylic acids is 1. The molecule has 5 heteroatoms. The number of carbonyl (C=O) groups excluding carboxylic acids is 1. The summed E-state index contributed by atoms with van der Waals surface area (Å²) in [5, 5.41) is 11.6. The first kappa shape index (κ1) is 14.2. The number of nitrogens with zero attached hydrogens (tertiary/aromatic N) is 1. The number of amides is 1. The molecule has 98 valence electrons. The number of carboxylic acids is 1. The van der Waals surface area contributed by atoms with Crippen molar-refractivity contribution in [3.8, 4) is 0 Å². The monoisotopic (exact) mass is 250 g/mol. The topological polar surface area (TPSA) is 69.6 Å². The van der Waals surface area contributed by atoms with Crippen LogP contribution in [0.25, 0.3) is 0 Å². The van der Waals surface area contributed by atoms with Crippen LogP contribution >= 0.6 is 0 Å². The summed E-state index contributed by atoms with van der Waals surface area (Å²) in [5.74, 6) is -1.04. The van der Waals surface area contributed by atoms with Crippen molar-refractivity contribution < 1.29 is 14.7 Å². The van der Waals surface area contributed by atoms with Crippen molar-refractivity contribution in [3.05, 3.63) is 29.3 Å². The molecule has 1 amide bonds. The van der Waals surface area contributed by atoms with Gasteiger partial charge in [-0.3, -0.25) is 4.79 Å². The molecule has 0 radical (unpaired) electrons. The summed E-state index contributed by atoms with van der Waals surface area (Å²) in [6.07, 6.45) is 0.410. The Morgan fingerprint density at radius 2 is 2.00 bits per heavy atom.